The van der Waals surface area contributed by atoms with Crippen molar-refractivity contribution >= 4 is 0 Å². The molecule has 2 heteroatoms. The summed E-state index contributed by atoms with van der Waals surface area (Å²) in [4.78, 5) is 0. The molecule has 0 saturated heterocycles. The lowest BCUT2D eigenvalue weighted by Gasteiger charge is -2.19. The standard InChI is InChI=1S/C10H18N2/c1-5-10(4,12)7-8(2)6-9(3)11/h1,9H,2,6-7,11-12H2,3-4H3. The van der Waals surface area contributed by atoms with Gasteiger partial charge in [0.1, 0.15) is 0 Å². The summed E-state index contributed by atoms with van der Waals surface area (Å²) in [6, 6.07) is 0.131. The first-order valence-corrected chi connectivity index (χ1v) is 4.06. The van der Waals surface area contributed by atoms with Crippen LogP contribution in [0.1, 0.15) is 26.7 Å². The molecule has 0 aliphatic carbocycles. The van der Waals surface area contributed by atoms with Gasteiger partial charge in [0.25, 0.3) is 0 Å². The summed E-state index contributed by atoms with van der Waals surface area (Å²) >= 11 is 0. The molecule has 0 amide bonds. The molecule has 0 aliphatic rings. The first kappa shape index (κ1) is 11.2. The molecule has 12 heavy (non-hydrogen) atoms. The highest BCUT2D eigenvalue weighted by Crippen LogP contribution is 2.14. The van der Waals surface area contributed by atoms with Gasteiger partial charge >= 0.3 is 0 Å². The average molecular weight is 166 g/mol. The maximum absolute atomic E-state index is 5.75. The van der Waals surface area contributed by atoms with E-state index in [9.17, 15) is 0 Å². The molecule has 0 fully saturated rings. The molecule has 0 aromatic heterocycles. The molecule has 0 bridgehead atoms. The molecule has 0 rings (SSSR count). The van der Waals surface area contributed by atoms with E-state index in [1.54, 1.807) is 0 Å². The fourth-order valence-corrected chi connectivity index (χ4v) is 1.10. The fourth-order valence-electron chi connectivity index (χ4n) is 1.10. The Labute approximate surface area is 75.0 Å². The van der Waals surface area contributed by atoms with Gasteiger partial charge in [0.05, 0.1) is 5.54 Å². The molecule has 68 valence electrons. The third-order valence-electron chi connectivity index (χ3n) is 1.56. The second kappa shape index (κ2) is 4.30. The zero-order valence-corrected chi connectivity index (χ0v) is 7.93. The number of hydrogen-bond acceptors (Lipinski definition) is 2. The van der Waals surface area contributed by atoms with Gasteiger partial charge in [-0.15, -0.1) is 6.42 Å². The quantitative estimate of drug-likeness (QED) is 0.484. The SMILES string of the molecule is C#CC(C)(N)CC(=C)CC(C)N. The van der Waals surface area contributed by atoms with E-state index in [0.717, 1.165) is 12.0 Å². The van der Waals surface area contributed by atoms with Crippen LogP contribution < -0.4 is 11.5 Å². The van der Waals surface area contributed by atoms with Gasteiger partial charge in [-0.25, -0.2) is 0 Å². The van der Waals surface area contributed by atoms with Crippen molar-refractivity contribution in [3.05, 3.63) is 12.2 Å². The zero-order valence-electron chi connectivity index (χ0n) is 7.93. The van der Waals surface area contributed by atoms with E-state index in [1.165, 1.54) is 0 Å². The van der Waals surface area contributed by atoms with Gasteiger partial charge in [-0.3, -0.25) is 0 Å². The molecule has 0 spiro atoms. The van der Waals surface area contributed by atoms with E-state index in [0.29, 0.717) is 6.42 Å². The number of rotatable bonds is 4. The van der Waals surface area contributed by atoms with Crippen molar-refractivity contribution in [1.82, 2.24) is 0 Å². The van der Waals surface area contributed by atoms with E-state index in [1.807, 2.05) is 13.8 Å². The molecule has 2 nitrogen and oxygen atoms in total. The maximum Gasteiger partial charge on any atom is 0.0782 e. The minimum Gasteiger partial charge on any atom is -0.328 e. The average Bonchev–Trinajstić information content (AvgIpc) is 1.84. The van der Waals surface area contributed by atoms with Crippen LogP contribution in [0.5, 0.6) is 0 Å². The van der Waals surface area contributed by atoms with Gasteiger partial charge in [0.15, 0.2) is 0 Å². The van der Waals surface area contributed by atoms with Crippen molar-refractivity contribution in [2.45, 2.75) is 38.3 Å². The largest absolute Gasteiger partial charge is 0.328 e. The minimum absolute atomic E-state index is 0.131. The van der Waals surface area contributed by atoms with Crippen LogP contribution in [0.4, 0.5) is 0 Å². The molecule has 0 aromatic carbocycles. The Morgan fingerprint density at radius 2 is 2.25 bits per heavy atom. The highest BCUT2D eigenvalue weighted by molar-refractivity contribution is 5.15. The summed E-state index contributed by atoms with van der Waals surface area (Å²) in [6.07, 6.45) is 6.67. The van der Waals surface area contributed by atoms with Crippen LogP contribution >= 0.6 is 0 Å². The van der Waals surface area contributed by atoms with Crippen molar-refractivity contribution in [3.8, 4) is 12.3 Å². The van der Waals surface area contributed by atoms with Gasteiger partial charge in [-0.2, -0.15) is 0 Å². The van der Waals surface area contributed by atoms with E-state index in [2.05, 4.69) is 12.5 Å². The molecule has 0 saturated carbocycles. The predicted octanol–water partition coefficient (Wildman–Crippen LogP) is 1.02. The van der Waals surface area contributed by atoms with E-state index < -0.39 is 5.54 Å². The van der Waals surface area contributed by atoms with Gasteiger partial charge < -0.3 is 11.5 Å². The fraction of sp³-hybridized carbons (Fsp3) is 0.600. The Morgan fingerprint density at radius 1 is 1.75 bits per heavy atom. The Bertz CT molecular complexity index is 196. The number of hydrogen-bond donors (Lipinski definition) is 2. The third-order valence-corrected chi connectivity index (χ3v) is 1.56. The normalized spacial score (nSPS) is 17.6. The van der Waals surface area contributed by atoms with Crippen LogP contribution in [0.25, 0.3) is 0 Å². The van der Waals surface area contributed by atoms with Crippen molar-refractivity contribution in [3.63, 3.8) is 0 Å². The van der Waals surface area contributed by atoms with E-state index in [4.69, 9.17) is 17.9 Å². The molecule has 0 heterocycles. The van der Waals surface area contributed by atoms with Crippen molar-refractivity contribution in [1.29, 1.82) is 0 Å². The summed E-state index contributed by atoms with van der Waals surface area (Å²) in [5.41, 5.74) is 11.8. The summed E-state index contributed by atoms with van der Waals surface area (Å²) in [5.74, 6) is 2.52. The third kappa shape index (κ3) is 4.95. The Morgan fingerprint density at radius 3 is 2.58 bits per heavy atom. The molecule has 0 aliphatic heterocycles. The first-order chi connectivity index (χ1) is 5.37. The van der Waals surface area contributed by atoms with Crippen molar-refractivity contribution in [2.24, 2.45) is 11.5 Å². The zero-order chi connectivity index (χ0) is 9.78. The Kier molecular flexibility index (Phi) is 4.02. The van der Waals surface area contributed by atoms with Gasteiger partial charge in [-0.1, -0.05) is 18.1 Å². The van der Waals surface area contributed by atoms with Crippen LogP contribution in [-0.4, -0.2) is 11.6 Å². The van der Waals surface area contributed by atoms with Crippen LogP contribution in [0.2, 0.25) is 0 Å². The number of terminal acetylenes is 1. The molecule has 2 unspecified atom stereocenters. The van der Waals surface area contributed by atoms with E-state index in [-0.39, 0.29) is 6.04 Å². The molecular weight excluding hydrogens is 148 g/mol. The predicted molar refractivity (Wildman–Crippen MR) is 53.4 cm³/mol. The van der Waals surface area contributed by atoms with Crippen LogP contribution in [0.3, 0.4) is 0 Å². The number of nitrogens with two attached hydrogens (primary N) is 2. The Hall–Kier alpha value is -0.780. The minimum atomic E-state index is -0.577. The van der Waals surface area contributed by atoms with Crippen LogP contribution in [0, 0.1) is 12.3 Å². The van der Waals surface area contributed by atoms with Gasteiger partial charge in [0, 0.05) is 6.04 Å². The van der Waals surface area contributed by atoms with Crippen molar-refractivity contribution in [2.75, 3.05) is 0 Å². The molecule has 0 radical (unpaired) electrons. The molecule has 0 aromatic rings. The smallest absolute Gasteiger partial charge is 0.0782 e. The second-order valence-corrected chi connectivity index (χ2v) is 3.67. The lowest BCUT2D eigenvalue weighted by Crippen LogP contribution is -2.34. The van der Waals surface area contributed by atoms with E-state index >= 15 is 0 Å². The second-order valence-electron chi connectivity index (χ2n) is 3.67. The molecule has 4 N–H and O–H groups in total. The summed E-state index contributed by atoms with van der Waals surface area (Å²) < 4.78 is 0. The maximum atomic E-state index is 5.75. The van der Waals surface area contributed by atoms with Crippen LogP contribution in [-0.2, 0) is 0 Å². The highest BCUT2D eigenvalue weighted by Gasteiger charge is 2.16. The topological polar surface area (TPSA) is 52.0 Å². The highest BCUT2D eigenvalue weighted by atomic mass is 14.7. The lowest BCUT2D eigenvalue weighted by molar-refractivity contribution is 0.575. The molecular formula is C10H18N2. The summed E-state index contributed by atoms with van der Waals surface area (Å²) in [6.45, 7) is 7.63. The monoisotopic (exact) mass is 166 g/mol. The molecule has 2 atom stereocenters. The summed E-state index contributed by atoms with van der Waals surface area (Å²) in [7, 11) is 0. The first-order valence-electron chi connectivity index (χ1n) is 4.06. The van der Waals surface area contributed by atoms with Crippen molar-refractivity contribution < 1.29 is 0 Å². The summed E-state index contributed by atoms with van der Waals surface area (Å²) in [5, 5.41) is 0. The van der Waals surface area contributed by atoms with Gasteiger partial charge in [-0.05, 0) is 26.7 Å². The van der Waals surface area contributed by atoms with Gasteiger partial charge in [0.2, 0.25) is 0 Å². The lowest BCUT2D eigenvalue weighted by atomic mass is 9.93. The van der Waals surface area contributed by atoms with Crippen LogP contribution in [0.15, 0.2) is 12.2 Å². The Balaban J connectivity index is 3.95.